The van der Waals surface area contributed by atoms with E-state index in [4.69, 9.17) is 4.42 Å². The van der Waals surface area contributed by atoms with Crippen LogP contribution in [0.25, 0.3) is 0 Å². The number of aliphatic hydroxyl groups is 1. The number of thiazole rings is 1. The van der Waals surface area contributed by atoms with Gasteiger partial charge in [0.15, 0.2) is 0 Å². The van der Waals surface area contributed by atoms with Crippen molar-refractivity contribution in [2.24, 2.45) is 0 Å². The molecular weight excluding hydrogens is 246 g/mol. The fraction of sp³-hybridized carbons (Fsp3) is 0.300. The standard InChI is InChI=1S/C10H9NO3S2/c12-7-4-5(6-2-1-3-14-6)8-9(15-7)11-10(13)16-8/h1-3,5,7,12H,4H2,(H,11,13)/t5-,7-/m0/s1. The Balaban J connectivity index is 2.10. The molecule has 2 atom stereocenters. The normalized spacial score (nSPS) is 24.3. The molecule has 6 heteroatoms. The Bertz CT molecular complexity index is 543. The molecule has 16 heavy (non-hydrogen) atoms. The lowest BCUT2D eigenvalue weighted by atomic mass is 10.0. The molecule has 0 unspecified atom stereocenters. The molecule has 0 saturated heterocycles. The Kier molecular flexibility index (Phi) is 2.42. The Morgan fingerprint density at radius 1 is 1.56 bits per heavy atom. The number of aliphatic hydroxyl groups excluding tert-OH is 1. The predicted octanol–water partition coefficient (Wildman–Crippen LogP) is 1.98. The van der Waals surface area contributed by atoms with Gasteiger partial charge in [0.2, 0.25) is 0 Å². The molecule has 84 valence electrons. The fourth-order valence-electron chi connectivity index (χ4n) is 1.87. The largest absolute Gasteiger partial charge is 0.469 e. The van der Waals surface area contributed by atoms with Crippen LogP contribution in [0.3, 0.4) is 0 Å². The molecule has 2 aromatic rings. The third kappa shape index (κ3) is 1.63. The van der Waals surface area contributed by atoms with E-state index in [0.29, 0.717) is 6.42 Å². The molecule has 0 saturated carbocycles. The Morgan fingerprint density at radius 3 is 3.19 bits per heavy atom. The van der Waals surface area contributed by atoms with Gasteiger partial charge in [0.25, 0.3) is 0 Å². The van der Waals surface area contributed by atoms with Crippen molar-refractivity contribution in [3.63, 3.8) is 0 Å². The number of nitrogens with one attached hydrogen (secondary N) is 1. The van der Waals surface area contributed by atoms with Gasteiger partial charge in [-0.15, -0.1) is 0 Å². The van der Waals surface area contributed by atoms with Crippen LogP contribution in [0.2, 0.25) is 0 Å². The lowest BCUT2D eigenvalue weighted by Crippen LogP contribution is -2.14. The van der Waals surface area contributed by atoms with E-state index in [-0.39, 0.29) is 10.8 Å². The van der Waals surface area contributed by atoms with Crippen LogP contribution in [0.4, 0.5) is 0 Å². The first-order valence-electron chi connectivity index (χ1n) is 4.85. The second-order valence-electron chi connectivity index (χ2n) is 3.58. The van der Waals surface area contributed by atoms with Crippen molar-refractivity contribution in [3.8, 4) is 0 Å². The molecule has 2 N–H and O–H groups in total. The van der Waals surface area contributed by atoms with E-state index in [0.717, 1.165) is 15.7 Å². The summed E-state index contributed by atoms with van der Waals surface area (Å²) in [7, 11) is 0. The number of hydrogen-bond donors (Lipinski definition) is 2. The summed E-state index contributed by atoms with van der Waals surface area (Å²) in [5.74, 6) is 0.793. The molecule has 0 bridgehead atoms. The number of rotatable bonds is 1. The van der Waals surface area contributed by atoms with Gasteiger partial charge >= 0.3 is 4.87 Å². The lowest BCUT2D eigenvalue weighted by molar-refractivity contribution is 0.237. The molecule has 0 aliphatic carbocycles. The van der Waals surface area contributed by atoms with Crippen LogP contribution in [0.1, 0.15) is 23.0 Å². The monoisotopic (exact) mass is 255 g/mol. The van der Waals surface area contributed by atoms with Gasteiger partial charge < -0.3 is 14.5 Å². The maximum Gasteiger partial charge on any atom is 0.305 e. The molecule has 3 heterocycles. The van der Waals surface area contributed by atoms with Crippen LogP contribution in [-0.2, 0) is 0 Å². The summed E-state index contributed by atoms with van der Waals surface area (Å²) in [6.07, 6.45) is 2.19. The quantitative estimate of drug-likeness (QED) is 0.817. The van der Waals surface area contributed by atoms with Crippen molar-refractivity contribution in [1.29, 1.82) is 0 Å². The maximum atomic E-state index is 11.3. The van der Waals surface area contributed by atoms with E-state index in [9.17, 15) is 9.90 Å². The zero-order valence-electron chi connectivity index (χ0n) is 8.17. The highest BCUT2D eigenvalue weighted by atomic mass is 32.2. The molecule has 1 aliphatic rings. The highest BCUT2D eigenvalue weighted by molar-refractivity contribution is 7.99. The maximum absolute atomic E-state index is 11.3. The van der Waals surface area contributed by atoms with E-state index in [2.05, 4.69) is 4.98 Å². The summed E-state index contributed by atoms with van der Waals surface area (Å²) < 4.78 is 5.36. The van der Waals surface area contributed by atoms with Crippen LogP contribution in [0, 0.1) is 0 Å². The van der Waals surface area contributed by atoms with Crippen LogP contribution in [0.5, 0.6) is 0 Å². The van der Waals surface area contributed by atoms with E-state index >= 15 is 0 Å². The molecule has 1 aliphatic heterocycles. The van der Waals surface area contributed by atoms with Crippen molar-refractivity contribution in [2.45, 2.75) is 22.8 Å². The summed E-state index contributed by atoms with van der Waals surface area (Å²) in [4.78, 5) is 14.9. The average Bonchev–Trinajstić information content (AvgIpc) is 2.83. The summed E-state index contributed by atoms with van der Waals surface area (Å²) in [5, 5.41) is 10.5. The smallest absolute Gasteiger partial charge is 0.305 e. The number of furan rings is 1. The number of aromatic amines is 1. The Labute approximate surface area is 99.3 Å². The first-order valence-corrected chi connectivity index (χ1v) is 6.55. The van der Waals surface area contributed by atoms with Gasteiger partial charge in [0, 0.05) is 0 Å². The van der Waals surface area contributed by atoms with Gasteiger partial charge in [-0.2, -0.15) is 0 Å². The number of thioether (sulfide) groups is 1. The first-order chi connectivity index (χ1) is 7.74. The molecule has 3 rings (SSSR count). The third-order valence-corrected chi connectivity index (χ3v) is 4.68. The van der Waals surface area contributed by atoms with Crippen molar-refractivity contribution in [2.75, 3.05) is 0 Å². The summed E-state index contributed by atoms with van der Waals surface area (Å²) >= 11 is 2.50. The molecule has 2 aromatic heterocycles. The van der Waals surface area contributed by atoms with Gasteiger partial charge in [-0.3, -0.25) is 4.79 Å². The number of aromatic nitrogens is 1. The average molecular weight is 255 g/mol. The van der Waals surface area contributed by atoms with Crippen molar-refractivity contribution in [3.05, 3.63) is 38.7 Å². The first kappa shape index (κ1) is 10.2. The lowest BCUT2D eigenvalue weighted by Gasteiger charge is -2.23. The number of fused-ring (bicyclic) bond motifs is 1. The van der Waals surface area contributed by atoms with Crippen LogP contribution in [0.15, 0.2) is 32.6 Å². The molecule has 0 spiro atoms. The Morgan fingerprint density at radius 2 is 2.44 bits per heavy atom. The van der Waals surface area contributed by atoms with Crippen molar-refractivity contribution in [1.82, 2.24) is 4.98 Å². The molecule has 0 fully saturated rings. The summed E-state index contributed by atoms with van der Waals surface area (Å²) in [5.41, 5.74) is -0.493. The topological polar surface area (TPSA) is 66.2 Å². The van der Waals surface area contributed by atoms with E-state index < -0.39 is 5.44 Å². The zero-order valence-corrected chi connectivity index (χ0v) is 9.81. The van der Waals surface area contributed by atoms with Crippen LogP contribution < -0.4 is 4.87 Å². The van der Waals surface area contributed by atoms with Crippen LogP contribution >= 0.6 is 23.1 Å². The van der Waals surface area contributed by atoms with Gasteiger partial charge in [0.1, 0.15) is 11.2 Å². The molecule has 0 aromatic carbocycles. The Hall–Kier alpha value is -0.980. The molecule has 0 radical (unpaired) electrons. The molecular formula is C10H9NO3S2. The molecule has 0 amide bonds. The van der Waals surface area contributed by atoms with Gasteiger partial charge in [-0.1, -0.05) is 23.1 Å². The SMILES string of the molecule is O=c1[nH]c2c(s1)[C@H](c1ccco1)C[C@@H](O)S2. The van der Waals surface area contributed by atoms with E-state index in [1.807, 2.05) is 12.1 Å². The highest BCUT2D eigenvalue weighted by Gasteiger charge is 2.31. The van der Waals surface area contributed by atoms with E-state index in [1.165, 1.54) is 23.1 Å². The van der Waals surface area contributed by atoms with Crippen molar-refractivity contribution < 1.29 is 9.52 Å². The van der Waals surface area contributed by atoms with Crippen molar-refractivity contribution >= 4 is 23.1 Å². The minimum Gasteiger partial charge on any atom is -0.469 e. The minimum atomic E-state index is -0.493. The third-order valence-electron chi connectivity index (χ3n) is 2.54. The minimum absolute atomic E-state index is 0.00907. The van der Waals surface area contributed by atoms with Gasteiger partial charge in [-0.05, 0) is 18.6 Å². The second kappa shape index (κ2) is 3.80. The van der Waals surface area contributed by atoms with Gasteiger partial charge in [0.05, 0.1) is 22.1 Å². The second-order valence-corrected chi connectivity index (χ2v) is 5.79. The fourth-order valence-corrected chi connectivity index (χ4v) is 4.03. The van der Waals surface area contributed by atoms with Crippen LogP contribution in [-0.4, -0.2) is 15.5 Å². The predicted molar refractivity (Wildman–Crippen MR) is 62.0 cm³/mol. The molecule has 4 nitrogen and oxygen atoms in total. The highest BCUT2D eigenvalue weighted by Crippen LogP contribution is 2.44. The zero-order chi connectivity index (χ0) is 11.1. The van der Waals surface area contributed by atoms with E-state index in [1.54, 1.807) is 6.26 Å². The number of hydrogen-bond acceptors (Lipinski definition) is 5. The summed E-state index contributed by atoms with van der Waals surface area (Å²) in [6.45, 7) is 0. The summed E-state index contributed by atoms with van der Waals surface area (Å²) in [6, 6.07) is 3.69. The van der Waals surface area contributed by atoms with Gasteiger partial charge in [-0.25, -0.2) is 0 Å². The number of H-pyrrole nitrogens is 1.